The van der Waals surface area contributed by atoms with Crippen LogP contribution in [0.2, 0.25) is 0 Å². The van der Waals surface area contributed by atoms with E-state index in [9.17, 15) is 14.7 Å². The topological polar surface area (TPSA) is 66.4 Å². The summed E-state index contributed by atoms with van der Waals surface area (Å²) >= 11 is 2.22. The highest BCUT2D eigenvalue weighted by molar-refractivity contribution is 14.1. The number of carbonyl (C=O) groups is 2. The molecule has 0 bridgehead atoms. The number of hydrogen-bond donors (Lipinski definition) is 2. The first-order valence-electron chi connectivity index (χ1n) is 6.72. The fourth-order valence-corrected chi connectivity index (χ4v) is 3.43. The van der Waals surface area contributed by atoms with Crippen molar-refractivity contribution in [2.75, 3.05) is 5.32 Å². The third-order valence-electron chi connectivity index (χ3n) is 3.98. The van der Waals surface area contributed by atoms with Crippen LogP contribution in [-0.2, 0) is 9.59 Å². The smallest absolute Gasteiger partial charge is 0.310 e. The average molecular weight is 387 g/mol. The third kappa shape index (κ3) is 3.31. The lowest BCUT2D eigenvalue weighted by Gasteiger charge is -2.23. The summed E-state index contributed by atoms with van der Waals surface area (Å²) in [5.41, 5.74) is 0.885. The summed E-state index contributed by atoms with van der Waals surface area (Å²) in [5.74, 6) is -1.05. The lowest BCUT2D eigenvalue weighted by molar-refractivity contribution is -0.150. The van der Waals surface area contributed by atoms with Crippen LogP contribution in [0, 0.1) is 15.9 Å². The molecule has 1 amide bonds. The number of halogens is 1. The molecule has 108 valence electrons. The van der Waals surface area contributed by atoms with Gasteiger partial charge in [-0.1, -0.05) is 12.8 Å². The van der Waals surface area contributed by atoms with Gasteiger partial charge in [0.15, 0.2) is 0 Å². The predicted octanol–water partition coefficient (Wildman–Crippen LogP) is 3.57. The molecule has 4 nitrogen and oxygen atoms in total. The molecule has 0 atom stereocenters. The van der Waals surface area contributed by atoms with Crippen LogP contribution >= 0.6 is 22.6 Å². The van der Waals surface area contributed by atoms with E-state index in [0.29, 0.717) is 12.8 Å². The van der Waals surface area contributed by atoms with Crippen LogP contribution in [0.5, 0.6) is 0 Å². The SMILES string of the molecule is Cc1cc(I)ccc1NC(=O)CC1(C(=O)O)CCCC1. The maximum absolute atomic E-state index is 12.1. The number of carboxylic acids is 1. The summed E-state index contributed by atoms with van der Waals surface area (Å²) in [6.07, 6.45) is 3.04. The van der Waals surface area contributed by atoms with Gasteiger partial charge in [0.1, 0.15) is 0 Å². The Kier molecular flexibility index (Phi) is 4.67. The van der Waals surface area contributed by atoms with Crippen LogP contribution < -0.4 is 5.32 Å². The standard InChI is InChI=1S/C15H18INO3/c1-10-8-11(16)4-5-12(10)17-13(18)9-15(14(19)20)6-2-3-7-15/h4-5,8H,2-3,6-7,9H2,1H3,(H,17,18)(H,19,20). The van der Waals surface area contributed by atoms with Crippen molar-refractivity contribution in [2.24, 2.45) is 5.41 Å². The van der Waals surface area contributed by atoms with Crippen molar-refractivity contribution in [1.82, 2.24) is 0 Å². The fraction of sp³-hybridized carbons (Fsp3) is 0.467. The van der Waals surface area contributed by atoms with Gasteiger partial charge in [-0.05, 0) is 66.1 Å². The Morgan fingerprint density at radius 2 is 2.00 bits per heavy atom. The number of nitrogens with one attached hydrogen (secondary N) is 1. The van der Waals surface area contributed by atoms with Gasteiger partial charge >= 0.3 is 5.97 Å². The van der Waals surface area contributed by atoms with E-state index in [1.54, 1.807) is 0 Å². The second-order valence-corrected chi connectivity index (χ2v) is 6.72. The van der Waals surface area contributed by atoms with E-state index >= 15 is 0 Å². The van der Waals surface area contributed by atoms with Crippen LogP contribution in [0.4, 0.5) is 5.69 Å². The molecule has 0 saturated heterocycles. The van der Waals surface area contributed by atoms with Crippen molar-refractivity contribution in [3.8, 4) is 0 Å². The van der Waals surface area contributed by atoms with Crippen molar-refractivity contribution in [3.63, 3.8) is 0 Å². The highest BCUT2D eigenvalue weighted by Crippen LogP contribution is 2.41. The number of carboxylic acid groups (broad SMARTS) is 1. The Morgan fingerprint density at radius 1 is 1.35 bits per heavy atom. The summed E-state index contributed by atoms with van der Waals surface area (Å²) in [4.78, 5) is 23.6. The molecule has 2 rings (SSSR count). The second kappa shape index (κ2) is 6.11. The number of carbonyl (C=O) groups excluding carboxylic acids is 1. The lowest BCUT2D eigenvalue weighted by atomic mass is 9.82. The zero-order valence-corrected chi connectivity index (χ0v) is 13.6. The maximum atomic E-state index is 12.1. The molecule has 0 unspecified atom stereocenters. The minimum absolute atomic E-state index is 0.0633. The molecule has 1 aromatic carbocycles. The predicted molar refractivity (Wildman–Crippen MR) is 85.7 cm³/mol. The first kappa shape index (κ1) is 15.3. The van der Waals surface area contributed by atoms with Gasteiger partial charge in [0.2, 0.25) is 5.91 Å². The van der Waals surface area contributed by atoms with E-state index in [1.165, 1.54) is 0 Å². The molecule has 1 aliphatic rings. The number of amides is 1. The first-order chi connectivity index (χ1) is 9.43. The van der Waals surface area contributed by atoms with E-state index < -0.39 is 11.4 Å². The van der Waals surface area contributed by atoms with Crippen LogP contribution in [0.25, 0.3) is 0 Å². The average Bonchev–Trinajstić information content (AvgIpc) is 2.82. The molecule has 2 N–H and O–H groups in total. The third-order valence-corrected chi connectivity index (χ3v) is 4.65. The summed E-state index contributed by atoms with van der Waals surface area (Å²) in [6.45, 7) is 1.93. The fourth-order valence-electron chi connectivity index (χ4n) is 2.79. The van der Waals surface area contributed by atoms with Gasteiger partial charge in [-0.3, -0.25) is 9.59 Å². The van der Waals surface area contributed by atoms with E-state index in [-0.39, 0.29) is 12.3 Å². The molecule has 0 radical (unpaired) electrons. The Morgan fingerprint density at radius 3 is 2.55 bits per heavy atom. The number of hydrogen-bond acceptors (Lipinski definition) is 2. The molecule has 20 heavy (non-hydrogen) atoms. The maximum Gasteiger partial charge on any atom is 0.310 e. The normalized spacial score (nSPS) is 16.9. The van der Waals surface area contributed by atoms with Gasteiger partial charge in [0.05, 0.1) is 5.41 Å². The summed E-state index contributed by atoms with van der Waals surface area (Å²) in [7, 11) is 0. The zero-order chi connectivity index (χ0) is 14.8. The Hall–Kier alpha value is -1.11. The van der Waals surface area contributed by atoms with Crippen LogP contribution in [-0.4, -0.2) is 17.0 Å². The Bertz CT molecular complexity index is 536. The highest BCUT2D eigenvalue weighted by atomic mass is 127. The molecule has 1 fully saturated rings. The van der Waals surface area contributed by atoms with Gasteiger partial charge < -0.3 is 10.4 Å². The number of aliphatic carboxylic acids is 1. The molecular formula is C15H18INO3. The molecule has 1 aliphatic carbocycles. The summed E-state index contributed by atoms with van der Waals surface area (Å²) < 4.78 is 1.11. The highest BCUT2D eigenvalue weighted by Gasteiger charge is 2.42. The molecule has 0 aromatic heterocycles. The van der Waals surface area contributed by atoms with E-state index in [1.807, 2.05) is 25.1 Å². The molecule has 1 aromatic rings. The van der Waals surface area contributed by atoms with Crippen LogP contribution in [0.1, 0.15) is 37.7 Å². The van der Waals surface area contributed by atoms with Crippen LogP contribution in [0.3, 0.4) is 0 Å². The molecule has 0 heterocycles. The Balaban J connectivity index is 2.07. The monoisotopic (exact) mass is 387 g/mol. The summed E-state index contributed by atoms with van der Waals surface area (Å²) in [6, 6.07) is 5.77. The van der Waals surface area contributed by atoms with Gasteiger partial charge in [-0.25, -0.2) is 0 Å². The van der Waals surface area contributed by atoms with Crippen molar-refractivity contribution >= 4 is 40.2 Å². The molecule has 0 spiro atoms. The van der Waals surface area contributed by atoms with Crippen molar-refractivity contribution < 1.29 is 14.7 Å². The minimum atomic E-state index is -0.860. The van der Waals surface area contributed by atoms with Gasteiger partial charge in [-0.15, -0.1) is 0 Å². The molecule has 1 saturated carbocycles. The molecule has 0 aliphatic heterocycles. The zero-order valence-electron chi connectivity index (χ0n) is 11.4. The van der Waals surface area contributed by atoms with Gasteiger partial charge in [0, 0.05) is 15.7 Å². The number of benzene rings is 1. The van der Waals surface area contributed by atoms with Crippen molar-refractivity contribution in [2.45, 2.75) is 39.0 Å². The van der Waals surface area contributed by atoms with Gasteiger partial charge in [-0.2, -0.15) is 0 Å². The first-order valence-corrected chi connectivity index (χ1v) is 7.80. The lowest BCUT2D eigenvalue weighted by Crippen LogP contribution is -2.32. The van der Waals surface area contributed by atoms with E-state index in [4.69, 9.17) is 0 Å². The molecular weight excluding hydrogens is 369 g/mol. The quantitative estimate of drug-likeness (QED) is 0.777. The Labute approximate surface area is 132 Å². The molecule has 5 heteroatoms. The minimum Gasteiger partial charge on any atom is -0.481 e. The van der Waals surface area contributed by atoms with E-state index in [0.717, 1.165) is 27.7 Å². The largest absolute Gasteiger partial charge is 0.481 e. The second-order valence-electron chi connectivity index (χ2n) is 5.48. The number of aryl methyl sites for hydroxylation is 1. The van der Waals surface area contributed by atoms with Crippen LogP contribution in [0.15, 0.2) is 18.2 Å². The number of rotatable bonds is 4. The number of anilines is 1. The van der Waals surface area contributed by atoms with Crippen molar-refractivity contribution in [1.29, 1.82) is 0 Å². The summed E-state index contributed by atoms with van der Waals surface area (Å²) in [5, 5.41) is 12.2. The van der Waals surface area contributed by atoms with E-state index in [2.05, 4.69) is 27.9 Å². The van der Waals surface area contributed by atoms with Gasteiger partial charge in [0.25, 0.3) is 0 Å². The van der Waals surface area contributed by atoms with Crippen molar-refractivity contribution in [3.05, 3.63) is 27.3 Å².